The highest BCUT2D eigenvalue weighted by Crippen LogP contribution is 2.14. The summed E-state index contributed by atoms with van der Waals surface area (Å²) in [7, 11) is 3.35. The predicted octanol–water partition coefficient (Wildman–Crippen LogP) is 1.23. The number of hydrogen-bond donors (Lipinski definition) is 2. The first-order chi connectivity index (χ1) is 9.23. The van der Waals surface area contributed by atoms with Crippen LogP contribution in [0.4, 0.5) is 4.79 Å². The van der Waals surface area contributed by atoms with Crippen molar-refractivity contribution >= 4 is 12.0 Å². The van der Waals surface area contributed by atoms with E-state index in [1.54, 1.807) is 20.3 Å². The van der Waals surface area contributed by atoms with Crippen molar-refractivity contribution in [3.63, 3.8) is 0 Å². The SMILES string of the molecule is CC(C)C(C)N(C)C(=O)NC(C(=O)O)c1cnn(C)c1. The maximum Gasteiger partial charge on any atom is 0.331 e. The van der Waals surface area contributed by atoms with Crippen LogP contribution in [-0.4, -0.2) is 44.9 Å². The largest absolute Gasteiger partial charge is 0.479 e. The first-order valence-electron chi connectivity index (χ1n) is 6.48. The van der Waals surface area contributed by atoms with Gasteiger partial charge in [0.2, 0.25) is 0 Å². The molecule has 0 aromatic carbocycles. The number of carbonyl (C=O) groups excluding carboxylic acids is 1. The molecule has 0 bridgehead atoms. The molecule has 0 fully saturated rings. The molecule has 7 nitrogen and oxygen atoms in total. The molecule has 2 atom stereocenters. The monoisotopic (exact) mass is 282 g/mol. The summed E-state index contributed by atoms with van der Waals surface area (Å²) in [5.74, 6) is -0.829. The molecular formula is C13H22N4O3. The van der Waals surface area contributed by atoms with Crippen LogP contribution < -0.4 is 5.32 Å². The Morgan fingerprint density at radius 2 is 2.00 bits per heavy atom. The quantitative estimate of drug-likeness (QED) is 0.850. The van der Waals surface area contributed by atoms with Gasteiger partial charge in [-0.3, -0.25) is 4.68 Å². The summed E-state index contributed by atoms with van der Waals surface area (Å²) >= 11 is 0. The number of amides is 2. The Kier molecular flexibility index (Phi) is 5.12. The topological polar surface area (TPSA) is 87.5 Å². The van der Waals surface area contributed by atoms with E-state index in [1.807, 2.05) is 20.8 Å². The third-order valence-electron chi connectivity index (χ3n) is 3.47. The van der Waals surface area contributed by atoms with Crippen molar-refractivity contribution in [2.45, 2.75) is 32.9 Å². The Balaban J connectivity index is 2.82. The van der Waals surface area contributed by atoms with E-state index in [9.17, 15) is 14.7 Å². The van der Waals surface area contributed by atoms with Gasteiger partial charge in [0.1, 0.15) is 0 Å². The summed E-state index contributed by atoms with van der Waals surface area (Å²) in [5.41, 5.74) is 0.443. The van der Waals surface area contributed by atoms with Crippen LogP contribution in [0.2, 0.25) is 0 Å². The second-order valence-corrected chi connectivity index (χ2v) is 5.26. The molecule has 112 valence electrons. The first-order valence-corrected chi connectivity index (χ1v) is 6.48. The number of aliphatic carboxylic acids is 1. The number of carbonyl (C=O) groups is 2. The van der Waals surface area contributed by atoms with Gasteiger partial charge in [-0.15, -0.1) is 0 Å². The number of carboxylic acids is 1. The van der Waals surface area contributed by atoms with Crippen LogP contribution in [0.15, 0.2) is 12.4 Å². The molecule has 0 aliphatic heterocycles. The van der Waals surface area contributed by atoms with Crippen LogP contribution >= 0.6 is 0 Å². The zero-order valence-corrected chi connectivity index (χ0v) is 12.5. The van der Waals surface area contributed by atoms with Crippen molar-refractivity contribution in [2.24, 2.45) is 13.0 Å². The van der Waals surface area contributed by atoms with Gasteiger partial charge >= 0.3 is 12.0 Å². The normalized spacial score (nSPS) is 13.9. The third-order valence-corrected chi connectivity index (χ3v) is 3.47. The second-order valence-electron chi connectivity index (χ2n) is 5.26. The van der Waals surface area contributed by atoms with E-state index < -0.39 is 18.0 Å². The van der Waals surface area contributed by atoms with Gasteiger partial charge in [0.05, 0.1) is 6.20 Å². The van der Waals surface area contributed by atoms with E-state index in [4.69, 9.17) is 0 Å². The Labute approximate surface area is 118 Å². The number of urea groups is 1. The van der Waals surface area contributed by atoms with Crippen molar-refractivity contribution in [2.75, 3.05) is 7.05 Å². The van der Waals surface area contributed by atoms with Gasteiger partial charge in [-0.05, 0) is 12.8 Å². The molecule has 0 aliphatic rings. The van der Waals surface area contributed by atoms with E-state index in [1.165, 1.54) is 15.8 Å². The fourth-order valence-corrected chi connectivity index (χ4v) is 1.73. The highest BCUT2D eigenvalue weighted by atomic mass is 16.4. The fraction of sp³-hybridized carbons (Fsp3) is 0.615. The Morgan fingerprint density at radius 1 is 1.40 bits per heavy atom. The Hall–Kier alpha value is -2.05. The lowest BCUT2D eigenvalue weighted by molar-refractivity contribution is -0.139. The second kappa shape index (κ2) is 6.40. The smallest absolute Gasteiger partial charge is 0.331 e. The molecule has 2 N–H and O–H groups in total. The minimum atomic E-state index is -1.11. The highest BCUT2D eigenvalue weighted by molar-refractivity contribution is 5.83. The van der Waals surface area contributed by atoms with Crippen molar-refractivity contribution in [3.8, 4) is 0 Å². The fourth-order valence-electron chi connectivity index (χ4n) is 1.73. The van der Waals surface area contributed by atoms with Gasteiger partial charge in [0.15, 0.2) is 6.04 Å². The Bertz CT molecular complexity index is 484. The zero-order valence-electron chi connectivity index (χ0n) is 12.5. The van der Waals surface area contributed by atoms with Crippen LogP contribution in [0, 0.1) is 5.92 Å². The number of nitrogens with one attached hydrogen (secondary N) is 1. The lowest BCUT2D eigenvalue weighted by Crippen LogP contribution is -2.47. The van der Waals surface area contributed by atoms with Crippen LogP contribution in [0.25, 0.3) is 0 Å². The predicted molar refractivity (Wildman–Crippen MR) is 74.2 cm³/mol. The van der Waals surface area contributed by atoms with Gasteiger partial charge in [-0.25, -0.2) is 9.59 Å². The van der Waals surface area contributed by atoms with Gasteiger partial charge in [0, 0.05) is 31.9 Å². The molecule has 0 saturated heterocycles. The molecule has 1 heterocycles. The molecule has 7 heteroatoms. The summed E-state index contributed by atoms with van der Waals surface area (Å²) in [5, 5.41) is 15.7. The molecule has 2 unspecified atom stereocenters. The molecule has 0 radical (unpaired) electrons. The van der Waals surface area contributed by atoms with Crippen molar-refractivity contribution in [1.29, 1.82) is 0 Å². The van der Waals surface area contributed by atoms with Gasteiger partial charge < -0.3 is 15.3 Å². The van der Waals surface area contributed by atoms with Gasteiger partial charge in [-0.2, -0.15) is 5.10 Å². The lowest BCUT2D eigenvalue weighted by Gasteiger charge is -2.29. The summed E-state index contributed by atoms with van der Waals surface area (Å²) in [4.78, 5) is 24.9. The molecule has 1 rings (SSSR count). The number of carboxylic acid groups (broad SMARTS) is 1. The summed E-state index contributed by atoms with van der Waals surface area (Å²) in [6, 6.07) is -1.50. The average molecular weight is 282 g/mol. The standard InChI is InChI=1S/C13H22N4O3/c1-8(2)9(3)17(5)13(20)15-11(12(18)19)10-6-14-16(4)7-10/h6-9,11H,1-5H3,(H,15,20)(H,18,19). The minimum Gasteiger partial charge on any atom is -0.479 e. The van der Waals surface area contributed by atoms with Crippen molar-refractivity contribution < 1.29 is 14.7 Å². The van der Waals surface area contributed by atoms with Gasteiger partial charge in [0.25, 0.3) is 0 Å². The molecule has 0 spiro atoms. The van der Waals surface area contributed by atoms with Crippen LogP contribution in [0.3, 0.4) is 0 Å². The van der Waals surface area contributed by atoms with Crippen molar-refractivity contribution in [1.82, 2.24) is 20.0 Å². The maximum absolute atomic E-state index is 12.1. The maximum atomic E-state index is 12.1. The number of rotatable bonds is 5. The first kappa shape index (κ1) is 16.0. The lowest BCUT2D eigenvalue weighted by atomic mass is 10.1. The molecular weight excluding hydrogens is 260 g/mol. The third kappa shape index (κ3) is 3.72. The average Bonchev–Trinajstić information content (AvgIpc) is 2.79. The number of nitrogens with zero attached hydrogens (tertiary/aromatic N) is 3. The summed E-state index contributed by atoms with van der Waals surface area (Å²) in [6.07, 6.45) is 3.01. The Morgan fingerprint density at radius 3 is 2.40 bits per heavy atom. The van der Waals surface area contributed by atoms with E-state index >= 15 is 0 Å². The van der Waals surface area contributed by atoms with Gasteiger partial charge in [-0.1, -0.05) is 13.8 Å². The van der Waals surface area contributed by atoms with Crippen molar-refractivity contribution in [3.05, 3.63) is 18.0 Å². The molecule has 1 aromatic heterocycles. The zero-order chi connectivity index (χ0) is 15.4. The van der Waals surface area contributed by atoms with E-state index in [0.29, 0.717) is 5.56 Å². The minimum absolute atomic E-state index is 0.0124. The summed E-state index contributed by atoms with van der Waals surface area (Å²) in [6.45, 7) is 5.93. The van der Waals surface area contributed by atoms with Crippen LogP contribution in [-0.2, 0) is 11.8 Å². The highest BCUT2D eigenvalue weighted by Gasteiger charge is 2.27. The van der Waals surface area contributed by atoms with Crippen LogP contribution in [0.1, 0.15) is 32.4 Å². The number of hydrogen-bond acceptors (Lipinski definition) is 3. The van der Waals surface area contributed by atoms with E-state index in [0.717, 1.165) is 0 Å². The molecule has 0 aliphatic carbocycles. The molecule has 1 aromatic rings. The molecule has 20 heavy (non-hydrogen) atoms. The van der Waals surface area contributed by atoms with E-state index in [-0.39, 0.29) is 12.0 Å². The number of aryl methyl sites for hydroxylation is 1. The van der Waals surface area contributed by atoms with Crippen LogP contribution in [0.5, 0.6) is 0 Å². The van der Waals surface area contributed by atoms with E-state index in [2.05, 4.69) is 10.4 Å². The molecule has 2 amide bonds. The molecule has 0 saturated carbocycles. The summed E-state index contributed by atoms with van der Waals surface area (Å²) < 4.78 is 1.50. The number of aromatic nitrogens is 2.